The maximum absolute atomic E-state index is 12.8. The van der Waals surface area contributed by atoms with Crippen LogP contribution in [0.5, 0.6) is 0 Å². The number of alkyl halides is 3. The minimum atomic E-state index is -4.46. The van der Waals surface area contributed by atoms with E-state index in [2.05, 4.69) is 15.1 Å². The molecule has 3 heterocycles. The van der Waals surface area contributed by atoms with Crippen molar-refractivity contribution in [3.05, 3.63) is 35.0 Å². The average Bonchev–Trinajstić information content (AvgIpc) is 2.77. The molecule has 1 fully saturated rings. The number of aromatic nitrogens is 4. The Morgan fingerprint density at radius 1 is 1.32 bits per heavy atom. The van der Waals surface area contributed by atoms with Crippen LogP contribution in [0.25, 0.3) is 0 Å². The number of anilines is 1. The molecule has 0 radical (unpaired) electrons. The normalized spacial score (nSPS) is 16.0. The van der Waals surface area contributed by atoms with Gasteiger partial charge in [-0.3, -0.25) is 4.68 Å². The third kappa shape index (κ3) is 3.16. The Hall–Kier alpha value is -1.83. The topological polar surface area (TPSA) is 46.8 Å². The molecule has 0 amide bonds. The first kappa shape index (κ1) is 15.1. The van der Waals surface area contributed by atoms with Crippen LogP contribution in [0.1, 0.15) is 11.5 Å². The summed E-state index contributed by atoms with van der Waals surface area (Å²) < 4.78 is 40.0. The molecular weight excluding hydrogens is 319 g/mol. The molecule has 0 bridgehead atoms. The molecule has 0 spiro atoms. The van der Waals surface area contributed by atoms with E-state index >= 15 is 0 Å². The number of hydrogen-bond acceptors (Lipinski definition) is 4. The number of rotatable bonds is 3. The van der Waals surface area contributed by atoms with Crippen LogP contribution in [0.2, 0.25) is 5.02 Å². The molecule has 0 unspecified atom stereocenters. The highest BCUT2D eigenvalue weighted by atomic mass is 35.5. The Morgan fingerprint density at radius 2 is 2.05 bits per heavy atom. The molecule has 1 aliphatic rings. The van der Waals surface area contributed by atoms with Gasteiger partial charge in [0.2, 0.25) is 0 Å². The van der Waals surface area contributed by atoms with Gasteiger partial charge >= 0.3 is 6.18 Å². The van der Waals surface area contributed by atoms with Gasteiger partial charge in [-0.05, 0) is 6.92 Å². The molecule has 2 aromatic rings. The standard InChI is InChI=1S/C13H13ClF3N5/c1-8-19-11(13(15,16)17)2-12(20-8)21-4-9(5-21)6-22-7-10(14)3-18-22/h2-3,7,9H,4-6H2,1H3. The molecular formula is C13H13ClF3N5. The van der Waals surface area contributed by atoms with Gasteiger partial charge in [-0.1, -0.05) is 11.6 Å². The number of aryl methyl sites for hydroxylation is 1. The zero-order chi connectivity index (χ0) is 15.9. The third-order valence-electron chi connectivity index (χ3n) is 3.44. The van der Waals surface area contributed by atoms with E-state index in [0.29, 0.717) is 36.4 Å². The molecule has 2 aromatic heterocycles. The second-order valence-electron chi connectivity index (χ2n) is 5.31. The van der Waals surface area contributed by atoms with Crippen LogP contribution in [0.4, 0.5) is 19.0 Å². The smallest absolute Gasteiger partial charge is 0.356 e. The predicted octanol–water partition coefficient (Wildman–Crippen LogP) is 2.79. The lowest BCUT2D eigenvalue weighted by molar-refractivity contribution is -0.141. The third-order valence-corrected chi connectivity index (χ3v) is 3.64. The Kier molecular flexibility index (Phi) is 3.72. The second kappa shape index (κ2) is 5.42. The highest BCUT2D eigenvalue weighted by Gasteiger charge is 2.35. The molecule has 1 saturated heterocycles. The minimum Gasteiger partial charge on any atom is -0.356 e. The average molecular weight is 332 g/mol. The van der Waals surface area contributed by atoms with Crippen LogP contribution in [0.3, 0.4) is 0 Å². The van der Waals surface area contributed by atoms with Crippen molar-refractivity contribution in [2.45, 2.75) is 19.6 Å². The zero-order valence-electron chi connectivity index (χ0n) is 11.7. The predicted molar refractivity (Wildman–Crippen MR) is 74.7 cm³/mol. The lowest BCUT2D eigenvalue weighted by Gasteiger charge is -2.40. The van der Waals surface area contributed by atoms with Crippen LogP contribution >= 0.6 is 11.6 Å². The molecule has 0 saturated carbocycles. The van der Waals surface area contributed by atoms with Crippen molar-refractivity contribution in [3.63, 3.8) is 0 Å². The second-order valence-corrected chi connectivity index (χ2v) is 5.74. The van der Waals surface area contributed by atoms with Crippen LogP contribution in [-0.4, -0.2) is 32.8 Å². The van der Waals surface area contributed by atoms with Crippen molar-refractivity contribution in [1.29, 1.82) is 0 Å². The summed E-state index contributed by atoms with van der Waals surface area (Å²) >= 11 is 5.79. The lowest BCUT2D eigenvalue weighted by Crippen LogP contribution is -2.49. The van der Waals surface area contributed by atoms with Gasteiger partial charge in [0.1, 0.15) is 17.3 Å². The molecule has 0 atom stereocenters. The van der Waals surface area contributed by atoms with Gasteiger partial charge in [-0.2, -0.15) is 18.3 Å². The highest BCUT2D eigenvalue weighted by molar-refractivity contribution is 6.30. The van der Waals surface area contributed by atoms with Gasteiger partial charge in [0.05, 0.1) is 11.2 Å². The van der Waals surface area contributed by atoms with Crippen molar-refractivity contribution < 1.29 is 13.2 Å². The Morgan fingerprint density at radius 3 is 2.64 bits per heavy atom. The molecule has 0 aliphatic carbocycles. The van der Waals surface area contributed by atoms with E-state index in [9.17, 15) is 13.2 Å². The first-order chi connectivity index (χ1) is 10.3. The van der Waals surface area contributed by atoms with Gasteiger partial charge in [0.15, 0.2) is 0 Å². The van der Waals surface area contributed by atoms with Gasteiger partial charge in [-0.15, -0.1) is 0 Å². The summed E-state index contributed by atoms with van der Waals surface area (Å²) in [6.45, 7) is 3.40. The van der Waals surface area contributed by atoms with Gasteiger partial charge in [0, 0.05) is 37.8 Å². The van der Waals surface area contributed by atoms with E-state index in [1.54, 1.807) is 22.0 Å². The molecule has 1 aliphatic heterocycles. The van der Waals surface area contributed by atoms with Gasteiger partial charge < -0.3 is 4.90 Å². The fourth-order valence-electron chi connectivity index (χ4n) is 2.43. The van der Waals surface area contributed by atoms with Crippen molar-refractivity contribution in [2.24, 2.45) is 5.92 Å². The molecule has 0 aromatic carbocycles. The monoisotopic (exact) mass is 331 g/mol. The van der Waals surface area contributed by atoms with Crippen molar-refractivity contribution in [3.8, 4) is 0 Å². The first-order valence-electron chi connectivity index (χ1n) is 6.67. The summed E-state index contributed by atoms with van der Waals surface area (Å²) in [6.07, 6.45) is -1.18. The van der Waals surface area contributed by atoms with E-state index < -0.39 is 11.9 Å². The van der Waals surface area contributed by atoms with E-state index in [1.165, 1.54) is 6.92 Å². The highest BCUT2D eigenvalue weighted by Crippen LogP contribution is 2.31. The minimum absolute atomic E-state index is 0.118. The van der Waals surface area contributed by atoms with Crippen molar-refractivity contribution >= 4 is 17.4 Å². The molecule has 5 nitrogen and oxygen atoms in total. The summed E-state index contributed by atoms with van der Waals surface area (Å²) in [4.78, 5) is 9.34. The quantitative estimate of drug-likeness (QED) is 0.867. The van der Waals surface area contributed by atoms with Crippen LogP contribution in [0.15, 0.2) is 18.5 Å². The summed E-state index contributed by atoms with van der Waals surface area (Å²) in [5.74, 6) is 0.738. The number of halogens is 4. The van der Waals surface area contributed by atoms with Gasteiger partial charge in [0.25, 0.3) is 0 Å². The largest absolute Gasteiger partial charge is 0.433 e. The Bertz CT molecular complexity index is 679. The summed E-state index contributed by atoms with van der Waals surface area (Å²) in [6, 6.07) is 0.994. The number of hydrogen-bond donors (Lipinski definition) is 0. The van der Waals surface area contributed by atoms with Gasteiger partial charge in [-0.25, -0.2) is 9.97 Å². The first-order valence-corrected chi connectivity index (χ1v) is 7.05. The fraction of sp³-hybridized carbons (Fsp3) is 0.462. The van der Waals surface area contributed by atoms with E-state index in [-0.39, 0.29) is 5.82 Å². The summed E-state index contributed by atoms with van der Waals surface area (Å²) in [5, 5.41) is 4.65. The maximum atomic E-state index is 12.8. The van der Waals surface area contributed by atoms with Crippen molar-refractivity contribution in [1.82, 2.24) is 19.7 Å². The molecule has 0 N–H and O–H groups in total. The summed E-state index contributed by atoms with van der Waals surface area (Å²) in [5.41, 5.74) is -0.905. The Labute approximate surface area is 129 Å². The maximum Gasteiger partial charge on any atom is 0.433 e. The van der Waals surface area contributed by atoms with E-state index in [0.717, 1.165) is 6.07 Å². The lowest BCUT2D eigenvalue weighted by atomic mass is 10.0. The molecule has 22 heavy (non-hydrogen) atoms. The Balaban J connectivity index is 1.66. The number of nitrogens with zero attached hydrogens (tertiary/aromatic N) is 5. The summed E-state index contributed by atoms with van der Waals surface area (Å²) in [7, 11) is 0. The molecule has 9 heteroatoms. The zero-order valence-corrected chi connectivity index (χ0v) is 12.4. The fourth-order valence-corrected chi connectivity index (χ4v) is 2.59. The molecule has 3 rings (SSSR count). The van der Waals surface area contributed by atoms with Crippen LogP contribution in [-0.2, 0) is 12.7 Å². The van der Waals surface area contributed by atoms with Crippen molar-refractivity contribution in [2.75, 3.05) is 18.0 Å². The van der Waals surface area contributed by atoms with E-state index in [1.807, 2.05) is 0 Å². The van der Waals surface area contributed by atoms with E-state index in [4.69, 9.17) is 11.6 Å². The SMILES string of the molecule is Cc1nc(N2CC(Cn3cc(Cl)cn3)C2)cc(C(F)(F)F)n1. The van der Waals surface area contributed by atoms with Crippen LogP contribution < -0.4 is 4.90 Å². The molecule has 118 valence electrons. The van der Waals surface area contributed by atoms with Crippen LogP contribution in [0, 0.1) is 12.8 Å².